The number of hydrogen-bond acceptors (Lipinski definition) is 3. The van der Waals surface area contributed by atoms with Gasteiger partial charge in [0.15, 0.2) is 0 Å². The molecule has 2 unspecified atom stereocenters. The van der Waals surface area contributed by atoms with E-state index >= 15 is 0 Å². The number of β-lactam (4-membered cyclic amide) rings is 1. The molecule has 1 aromatic rings. The fourth-order valence-corrected chi connectivity index (χ4v) is 1.75. The summed E-state index contributed by atoms with van der Waals surface area (Å²) in [6, 6.07) is 6.41. The van der Waals surface area contributed by atoms with Crippen LogP contribution in [0.25, 0.3) is 0 Å². The van der Waals surface area contributed by atoms with Crippen molar-refractivity contribution in [2.45, 2.75) is 12.1 Å². The van der Waals surface area contributed by atoms with Crippen molar-refractivity contribution in [2.24, 2.45) is 5.73 Å². The Morgan fingerprint density at radius 2 is 2.00 bits per heavy atom. The van der Waals surface area contributed by atoms with Gasteiger partial charge < -0.3 is 21.7 Å². The number of amides is 4. The average molecular weight is 262 g/mol. The number of rotatable bonds is 4. The molecular weight excluding hydrogens is 248 g/mol. The summed E-state index contributed by atoms with van der Waals surface area (Å²) in [5, 5.41) is 7.43. The van der Waals surface area contributed by atoms with Crippen LogP contribution in [0.15, 0.2) is 30.3 Å². The lowest BCUT2D eigenvalue weighted by Gasteiger charge is -2.28. The number of primary amides is 1. The lowest BCUT2D eigenvalue weighted by atomic mass is 10.0. The van der Waals surface area contributed by atoms with E-state index in [0.717, 1.165) is 0 Å². The van der Waals surface area contributed by atoms with Gasteiger partial charge in [-0.1, -0.05) is 30.3 Å². The van der Waals surface area contributed by atoms with Gasteiger partial charge in [-0.05, 0) is 5.56 Å². The normalized spacial score (nSPS) is 18.7. The van der Waals surface area contributed by atoms with Crippen LogP contribution in [0, 0.1) is 0 Å². The van der Waals surface area contributed by atoms with Crippen molar-refractivity contribution in [3.05, 3.63) is 35.9 Å². The van der Waals surface area contributed by atoms with Gasteiger partial charge in [0.25, 0.3) is 0 Å². The molecule has 2 rings (SSSR count). The molecule has 0 aliphatic carbocycles. The molecule has 2 atom stereocenters. The van der Waals surface area contributed by atoms with Crippen LogP contribution >= 0.6 is 0 Å². The van der Waals surface area contributed by atoms with E-state index in [4.69, 9.17) is 5.73 Å². The van der Waals surface area contributed by atoms with E-state index in [9.17, 15) is 14.4 Å². The largest absolute Gasteiger partial charge is 0.352 e. The van der Waals surface area contributed by atoms with E-state index in [-0.39, 0.29) is 5.91 Å². The smallest absolute Gasteiger partial charge is 0.313 e. The minimum atomic E-state index is -0.910. The van der Waals surface area contributed by atoms with Gasteiger partial charge in [0.1, 0.15) is 12.1 Å². The van der Waals surface area contributed by atoms with E-state index in [0.29, 0.717) is 12.1 Å². The Kier molecular flexibility index (Phi) is 3.65. The molecule has 0 saturated carbocycles. The van der Waals surface area contributed by atoms with Crippen molar-refractivity contribution in [2.75, 3.05) is 6.54 Å². The molecule has 1 fully saturated rings. The fraction of sp³-hybridized carbons (Fsp3) is 0.250. The minimum Gasteiger partial charge on any atom is -0.352 e. The van der Waals surface area contributed by atoms with Crippen LogP contribution in [0.4, 0.5) is 4.79 Å². The van der Waals surface area contributed by atoms with Crippen LogP contribution in [-0.4, -0.2) is 30.4 Å². The predicted octanol–water partition coefficient (Wildman–Crippen LogP) is -0.989. The molecule has 1 aromatic carbocycles. The quantitative estimate of drug-likeness (QED) is 0.522. The van der Waals surface area contributed by atoms with Crippen molar-refractivity contribution in [1.82, 2.24) is 16.0 Å². The Labute approximate surface area is 109 Å². The predicted molar refractivity (Wildman–Crippen MR) is 66.8 cm³/mol. The van der Waals surface area contributed by atoms with Gasteiger partial charge in [0.2, 0.25) is 11.8 Å². The number of nitrogens with one attached hydrogen (secondary N) is 3. The summed E-state index contributed by atoms with van der Waals surface area (Å²) in [6.07, 6.45) is 0. The van der Waals surface area contributed by atoms with Gasteiger partial charge in [-0.2, -0.15) is 0 Å². The third kappa shape index (κ3) is 3.01. The molecule has 1 heterocycles. The lowest BCUT2D eigenvalue weighted by Crippen LogP contribution is -2.63. The molecule has 19 heavy (non-hydrogen) atoms. The number of carbonyl (C=O) groups is 3. The fourth-order valence-electron chi connectivity index (χ4n) is 1.75. The number of hydrogen-bond donors (Lipinski definition) is 4. The monoisotopic (exact) mass is 262 g/mol. The molecule has 5 N–H and O–H groups in total. The zero-order chi connectivity index (χ0) is 13.8. The Hall–Kier alpha value is -2.57. The van der Waals surface area contributed by atoms with Crippen molar-refractivity contribution in [3.63, 3.8) is 0 Å². The Bertz CT molecular complexity index is 503. The van der Waals surface area contributed by atoms with Crippen molar-refractivity contribution in [3.8, 4) is 0 Å². The summed E-state index contributed by atoms with van der Waals surface area (Å²) in [7, 11) is 0. The highest BCUT2D eigenvalue weighted by Gasteiger charge is 2.32. The summed E-state index contributed by atoms with van der Waals surface area (Å²) in [5.41, 5.74) is 5.66. The van der Waals surface area contributed by atoms with Crippen molar-refractivity contribution in [1.29, 1.82) is 0 Å². The maximum absolute atomic E-state index is 12.1. The molecule has 0 spiro atoms. The maximum Gasteiger partial charge on any atom is 0.313 e. The summed E-state index contributed by atoms with van der Waals surface area (Å²) in [5.74, 6) is -0.705. The second-order valence-corrected chi connectivity index (χ2v) is 4.16. The standard InChI is InChI=1S/C12H14N4O3/c13-12(19)16-9(7-4-2-1-3-5-7)11(18)15-8-6-14-10(8)17/h1-5,8-9H,6H2,(H,14,17)(H,15,18)(H3,13,16,19). The molecule has 1 aliphatic heterocycles. The van der Waals surface area contributed by atoms with E-state index in [1.54, 1.807) is 30.3 Å². The third-order valence-electron chi connectivity index (χ3n) is 2.80. The molecule has 4 amide bonds. The molecule has 1 saturated heterocycles. The van der Waals surface area contributed by atoms with Crippen LogP contribution in [0.1, 0.15) is 11.6 Å². The first-order chi connectivity index (χ1) is 9.08. The van der Waals surface area contributed by atoms with Crippen LogP contribution in [0.2, 0.25) is 0 Å². The number of carbonyl (C=O) groups excluding carboxylic acids is 3. The van der Waals surface area contributed by atoms with Gasteiger partial charge in [0.05, 0.1) is 0 Å². The van der Waals surface area contributed by atoms with E-state index in [1.165, 1.54) is 0 Å². The Balaban J connectivity index is 2.10. The zero-order valence-electron chi connectivity index (χ0n) is 10.1. The van der Waals surface area contributed by atoms with Gasteiger partial charge in [-0.3, -0.25) is 9.59 Å². The van der Waals surface area contributed by atoms with E-state index in [1.807, 2.05) is 0 Å². The molecule has 0 aromatic heterocycles. The van der Waals surface area contributed by atoms with Gasteiger partial charge in [0, 0.05) is 6.54 Å². The first-order valence-corrected chi connectivity index (χ1v) is 5.77. The Morgan fingerprint density at radius 1 is 1.32 bits per heavy atom. The number of nitrogens with two attached hydrogens (primary N) is 1. The Morgan fingerprint density at radius 3 is 2.47 bits per heavy atom. The molecule has 0 radical (unpaired) electrons. The first-order valence-electron chi connectivity index (χ1n) is 5.77. The SMILES string of the molecule is NC(=O)NC(C(=O)NC1CNC1=O)c1ccccc1. The molecular formula is C12H14N4O3. The third-order valence-corrected chi connectivity index (χ3v) is 2.80. The second-order valence-electron chi connectivity index (χ2n) is 4.16. The summed E-state index contributed by atoms with van der Waals surface area (Å²) in [4.78, 5) is 34.1. The van der Waals surface area contributed by atoms with Crippen LogP contribution in [0.3, 0.4) is 0 Å². The van der Waals surface area contributed by atoms with E-state index in [2.05, 4.69) is 16.0 Å². The molecule has 7 heteroatoms. The maximum atomic E-state index is 12.1. The summed E-state index contributed by atoms with van der Waals surface area (Å²) >= 11 is 0. The van der Waals surface area contributed by atoms with E-state index < -0.39 is 24.0 Å². The molecule has 1 aliphatic rings. The van der Waals surface area contributed by atoms with Gasteiger partial charge in [-0.15, -0.1) is 0 Å². The van der Waals surface area contributed by atoms with Crippen LogP contribution in [0.5, 0.6) is 0 Å². The molecule has 100 valence electrons. The van der Waals surface area contributed by atoms with Gasteiger partial charge >= 0.3 is 6.03 Å². The van der Waals surface area contributed by atoms with Crippen molar-refractivity contribution < 1.29 is 14.4 Å². The average Bonchev–Trinajstić information content (AvgIpc) is 2.41. The second kappa shape index (κ2) is 5.38. The summed E-state index contributed by atoms with van der Waals surface area (Å²) in [6.45, 7) is 0.392. The topological polar surface area (TPSA) is 113 Å². The highest BCUT2D eigenvalue weighted by molar-refractivity contribution is 5.95. The van der Waals surface area contributed by atoms with Crippen LogP contribution in [-0.2, 0) is 9.59 Å². The minimum absolute atomic E-state index is 0.237. The van der Waals surface area contributed by atoms with Crippen molar-refractivity contribution >= 4 is 17.8 Å². The highest BCUT2D eigenvalue weighted by Crippen LogP contribution is 2.13. The first kappa shape index (κ1) is 12.9. The number of benzene rings is 1. The number of urea groups is 1. The van der Waals surface area contributed by atoms with Crippen LogP contribution < -0.4 is 21.7 Å². The van der Waals surface area contributed by atoms with Gasteiger partial charge in [-0.25, -0.2) is 4.79 Å². The summed E-state index contributed by atoms with van der Waals surface area (Å²) < 4.78 is 0. The molecule has 7 nitrogen and oxygen atoms in total. The molecule has 0 bridgehead atoms. The lowest BCUT2D eigenvalue weighted by molar-refractivity contribution is -0.134. The highest BCUT2D eigenvalue weighted by atomic mass is 16.2. The zero-order valence-corrected chi connectivity index (χ0v) is 10.1.